The van der Waals surface area contributed by atoms with E-state index in [-0.39, 0.29) is 5.91 Å². The van der Waals surface area contributed by atoms with Gasteiger partial charge in [0, 0.05) is 28.3 Å². The zero-order chi connectivity index (χ0) is 15.3. The molecule has 112 valence electrons. The Bertz CT molecular complexity index is 588. The molecule has 0 fully saturated rings. The van der Waals surface area contributed by atoms with Crippen molar-refractivity contribution in [2.75, 3.05) is 6.54 Å². The minimum absolute atomic E-state index is 0.220. The first-order valence-corrected chi connectivity index (χ1v) is 7.75. The highest BCUT2D eigenvalue weighted by Gasteiger charge is 2.18. The maximum atomic E-state index is 12.1. The van der Waals surface area contributed by atoms with Gasteiger partial charge >= 0.3 is 0 Å². The van der Waals surface area contributed by atoms with Gasteiger partial charge < -0.3 is 15.5 Å². The van der Waals surface area contributed by atoms with E-state index in [2.05, 4.69) is 5.32 Å². The number of thioether (sulfide) groups is 1. The molecule has 1 heterocycles. The molecule has 0 radical (unpaired) electrons. The van der Waals surface area contributed by atoms with E-state index in [1.54, 1.807) is 18.0 Å². The van der Waals surface area contributed by atoms with Gasteiger partial charge in [-0.25, -0.2) is 0 Å². The van der Waals surface area contributed by atoms with Gasteiger partial charge in [0.2, 0.25) is 0 Å². The molecule has 0 spiro atoms. The van der Waals surface area contributed by atoms with Crippen molar-refractivity contribution in [2.24, 2.45) is 5.73 Å². The van der Waals surface area contributed by atoms with Gasteiger partial charge in [-0.2, -0.15) is 0 Å². The van der Waals surface area contributed by atoms with E-state index in [4.69, 9.17) is 10.2 Å². The minimum atomic E-state index is -0.443. The van der Waals surface area contributed by atoms with Crippen molar-refractivity contribution in [3.05, 3.63) is 54.0 Å². The fraction of sp³-hybridized carbons (Fsp3) is 0.312. The zero-order valence-corrected chi connectivity index (χ0v) is 13.1. The zero-order valence-electron chi connectivity index (χ0n) is 12.3. The Morgan fingerprint density at radius 1 is 1.29 bits per heavy atom. The van der Waals surface area contributed by atoms with Crippen LogP contribution in [0, 0.1) is 0 Å². The van der Waals surface area contributed by atoms with Crippen LogP contribution in [-0.2, 0) is 5.75 Å². The largest absolute Gasteiger partial charge is 0.459 e. The van der Waals surface area contributed by atoms with Crippen LogP contribution in [0.15, 0.2) is 52.0 Å². The van der Waals surface area contributed by atoms with E-state index < -0.39 is 5.54 Å². The monoisotopic (exact) mass is 304 g/mol. The summed E-state index contributed by atoms with van der Waals surface area (Å²) in [6, 6.07) is 11.9. The van der Waals surface area contributed by atoms with Crippen molar-refractivity contribution in [1.82, 2.24) is 5.32 Å². The number of nitrogens with one attached hydrogen (secondary N) is 1. The molecule has 0 saturated heterocycles. The Morgan fingerprint density at radius 2 is 2.00 bits per heavy atom. The van der Waals surface area contributed by atoms with Gasteiger partial charge in [0.05, 0.1) is 6.26 Å². The number of hydrogen-bond donors (Lipinski definition) is 2. The smallest absolute Gasteiger partial charge is 0.287 e. The Hall–Kier alpha value is -1.72. The second kappa shape index (κ2) is 6.83. The average molecular weight is 304 g/mol. The third kappa shape index (κ3) is 4.95. The molecule has 0 saturated carbocycles. The molecule has 1 aromatic carbocycles. The Kier molecular flexibility index (Phi) is 5.09. The van der Waals surface area contributed by atoms with Crippen molar-refractivity contribution in [3.8, 4) is 0 Å². The lowest BCUT2D eigenvalue weighted by Crippen LogP contribution is -2.45. The molecule has 0 aliphatic rings. The first-order valence-electron chi connectivity index (χ1n) is 6.77. The van der Waals surface area contributed by atoms with Crippen molar-refractivity contribution in [3.63, 3.8) is 0 Å². The van der Waals surface area contributed by atoms with Gasteiger partial charge in [0.15, 0.2) is 5.76 Å². The Labute approximate surface area is 129 Å². The van der Waals surface area contributed by atoms with Crippen LogP contribution in [-0.4, -0.2) is 18.0 Å². The number of nitrogens with two attached hydrogens (primary N) is 1. The maximum absolute atomic E-state index is 12.1. The van der Waals surface area contributed by atoms with Gasteiger partial charge in [-0.1, -0.05) is 18.2 Å². The molecule has 5 heteroatoms. The van der Waals surface area contributed by atoms with E-state index >= 15 is 0 Å². The normalized spacial score (nSPS) is 11.4. The number of carbonyl (C=O) groups excluding carboxylic acids is 1. The highest BCUT2D eigenvalue weighted by atomic mass is 32.2. The van der Waals surface area contributed by atoms with Crippen molar-refractivity contribution < 1.29 is 9.21 Å². The van der Waals surface area contributed by atoms with E-state index in [1.807, 2.05) is 50.2 Å². The summed E-state index contributed by atoms with van der Waals surface area (Å²) < 4.78 is 5.31. The summed E-state index contributed by atoms with van der Waals surface area (Å²) in [4.78, 5) is 13.3. The summed E-state index contributed by atoms with van der Waals surface area (Å²) >= 11 is 1.67. The number of furan rings is 1. The molecule has 0 aliphatic carbocycles. The molecule has 3 N–H and O–H groups in total. The molecule has 2 rings (SSSR count). The van der Waals surface area contributed by atoms with Crippen LogP contribution in [0.3, 0.4) is 0 Å². The molecule has 0 unspecified atom stereocenters. The number of hydrogen-bond acceptors (Lipinski definition) is 4. The standard InChI is InChI=1S/C16H20N2O2S/c1-16(2,17)11-18-15(19)14-12(8-9-20-14)10-21-13-6-4-3-5-7-13/h3-9H,10-11,17H2,1-2H3,(H,18,19). The fourth-order valence-electron chi connectivity index (χ4n) is 1.71. The second-order valence-corrected chi connectivity index (χ2v) is 6.60. The maximum Gasteiger partial charge on any atom is 0.287 e. The number of rotatable bonds is 6. The van der Waals surface area contributed by atoms with Crippen molar-refractivity contribution in [1.29, 1.82) is 0 Å². The molecule has 1 aromatic heterocycles. The third-order valence-electron chi connectivity index (χ3n) is 2.80. The summed E-state index contributed by atoms with van der Waals surface area (Å²) in [5.74, 6) is 0.833. The predicted molar refractivity (Wildman–Crippen MR) is 85.3 cm³/mol. The van der Waals surface area contributed by atoms with Gasteiger partial charge in [-0.05, 0) is 32.0 Å². The lowest BCUT2D eigenvalue weighted by molar-refractivity contribution is 0.0917. The molecular formula is C16H20N2O2S. The van der Waals surface area contributed by atoms with Crippen LogP contribution < -0.4 is 11.1 Å². The van der Waals surface area contributed by atoms with Crippen LogP contribution in [0.4, 0.5) is 0 Å². The topological polar surface area (TPSA) is 68.3 Å². The fourth-order valence-corrected chi connectivity index (χ4v) is 2.61. The van der Waals surface area contributed by atoms with Gasteiger partial charge in [0.25, 0.3) is 5.91 Å². The molecule has 0 aliphatic heterocycles. The summed E-state index contributed by atoms with van der Waals surface area (Å²) in [6.45, 7) is 4.13. The van der Waals surface area contributed by atoms with E-state index in [9.17, 15) is 4.79 Å². The van der Waals surface area contributed by atoms with E-state index in [0.717, 1.165) is 10.5 Å². The van der Waals surface area contributed by atoms with E-state index in [1.165, 1.54) is 0 Å². The summed E-state index contributed by atoms with van der Waals surface area (Å²) in [5.41, 5.74) is 6.30. The van der Waals surface area contributed by atoms with Crippen LogP contribution >= 0.6 is 11.8 Å². The lowest BCUT2D eigenvalue weighted by atomic mass is 10.1. The Morgan fingerprint density at radius 3 is 2.67 bits per heavy atom. The molecule has 2 aromatic rings. The molecular weight excluding hydrogens is 284 g/mol. The first-order chi connectivity index (χ1) is 9.96. The average Bonchev–Trinajstić information content (AvgIpc) is 2.91. The Balaban J connectivity index is 1.96. The molecule has 1 amide bonds. The highest BCUT2D eigenvalue weighted by molar-refractivity contribution is 7.98. The van der Waals surface area contributed by atoms with Crippen LogP contribution in [0.1, 0.15) is 30.0 Å². The molecule has 21 heavy (non-hydrogen) atoms. The highest BCUT2D eigenvalue weighted by Crippen LogP contribution is 2.24. The first kappa shape index (κ1) is 15.7. The van der Waals surface area contributed by atoms with Crippen molar-refractivity contribution in [2.45, 2.75) is 30.0 Å². The molecule has 4 nitrogen and oxygen atoms in total. The summed E-state index contributed by atoms with van der Waals surface area (Å²) in [7, 11) is 0. The molecule has 0 bridgehead atoms. The summed E-state index contributed by atoms with van der Waals surface area (Å²) in [5, 5.41) is 2.80. The van der Waals surface area contributed by atoms with Gasteiger partial charge in [-0.3, -0.25) is 4.79 Å². The van der Waals surface area contributed by atoms with Crippen LogP contribution in [0.25, 0.3) is 0 Å². The van der Waals surface area contributed by atoms with Crippen LogP contribution in [0.5, 0.6) is 0 Å². The second-order valence-electron chi connectivity index (χ2n) is 5.55. The van der Waals surface area contributed by atoms with E-state index in [0.29, 0.717) is 18.1 Å². The number of amides is 1. The quantitative estimate of drug-likeness (QED) is 0.805. The predicted octanol–water partition coefficient (Wildman–Crippen LogP) is 3.04. The number of carbonyl (C=O) groups is 1. The van der Waals surface area contributed by atoms with Crippen molar-refractivity contribution >= 4 is 17.7 Å². The third-order valence-corrected chi connectivity index (χ3v) is 3.86. The van der Waals surface area contributed by atoms with Gasteiger partial charge in [-0.15, -0.1) is 11.8 Å². The van der Waals surface area contributed by atoms with Gasteiger partial charge in [0.1, 0.15) is 0 Å². The SMILES string of the molecule is CC(C)(N)CNC(=O)c1occc1CSc1ccccc1. The lowest BCUT2D eigenvalue weighted by Gasteiger charge is -2.18. The summed E-state index contributed by atoms with van der Waals surface area (Å²) in [6.07, 6.45) is 1.55. The molecule has 0 atom stereocenters. The minimum Gasteiger partial charge on any atom is -0.459 e. The number of benzene rings is 1. The van der Waals surface area contributed by atoms with Crippen LogP contribution in [0.2, 0.25) is 0 Å².